The van der Waals surface area contributed by atoms with Crippen molar-refractivity contribution < 1.29 is 13.9 Å². The third-order valence-corrected chi connectivity index (χ3v) is 2.49. The molecule has 0 bridgehead atoms. The quantitative estimate of drug-likeness (QED) is 0.846. The number of hydrogen-bond donors (Lipinski definition) is 1. The molecule has 0 radical (unpaired) electrons. The highest BCUT2D eigenvalue weighted by Crippen LogP contribution is 2.23. The summed E-state index contributed by atoms with van der Waals surface area (Å²) in [5.74, 6) is -0.369. The third-order valence-electron chi connectivity index (χ3n) is 2.49. The van der Waals surface area contributed by atoms with Gasteiger partial charge in [0.25, 0.3) is 0 Å². The van der Waals surface area contributed by atoms with Gasteiger partial charge < -0.3 is 15.0 Å². The molecule has 0 unspecified atom stereocenters. The molecule has 0 aromatic heterocycles. The monoisotopic (exact) mass is 240 g/mol. The minimum Gasteiger partial charge on any atom is -0.494 e. The van der Waals surface area contributed by atoms with Crippen LogP contribution in [0.4, 0.5) is 10.1 Å². The Kier molecular flexibility index (Phi) is 4.90. The molecule has 1 aromatic carbocycles. The summed E-state index contributed by atoms with van der Waals surface area (Å²) >= 11 is 0. The van der Waals surface area contributed by atoms with Gasteiger partial charge in [0.2, 0.25) is 5.91 Å². The number of carbonyl (C=O) groups is 1. The Morgan fingerprint density at radius 1 is 1.53 bits per heavy atom. The summed E-state index contributed by atoms with van der Waals surface area (Å²) in [6.45, 7) is 0.599. The predicted octanol–water partition coefficient (Wildman–Crippen LogP) is 1.41. The van der Waals surface area contributed by atoms with Crippen molar-refractivity contribution in [2.45, 2.75) is 6.42 Å². The number of nitrogens with one attached hydrogen (secondary N) is 1. The summed E-state index contributed by atoms with van der Waals surface area (Å²) in [7, 11) is 4.81. The first kappa shape index (κ1) is 13.4. The first-order valence-electron chi connectivity index (χ1n) is 5.35. The number of nitrogens with zero attached hydrogens (tertiary/aromatic N) is 1. The minimum atomic E-state index is -0.474. The van der Waals surface area contributed by atoms with Crippen molar-refractivity contribution in [3.05, 3.63) is 24.0 Å². The fraction of sp³-hybridized carbons (Fsp3) is 0.417. The summed E-state index contributed by atoms with van der Waals surface area (Å²) in [6, 6.07) is 4.45. The van der Waals surface area contributed by atoms with Gasteiger partial charge in [-0.3, -0.25) is 4.79 Å². The Hall–Kier alpha value is -1.62. The highest BCUT2D eigenvalue weighted by Gasteiger charge is 2.12. The van der Waals surface area contributed by atoms with Gasteiger partial charge in [0.1, 0.15) is 0 Å². The normalized spacial score (nSPS) is 10.1. The van der Waals surface area contributed by atoms with E-state index in [1.165, 1.54) is 24.1 Å². The van der Waals surface area contributed by atoms with Crippen LogP contribution in [0.2, 0.25) is 0 Å². The van der Waals surface area contributed by atoms with Crippen LogP contribution in [0.25, 0.3) is 0 Å². The number of halogens is 1. The number of ether oxygens (including phenoxy) is 1. The summed E-state index contributed by atoms with van der Waals surface area (Å²) in [5, 5.41) is 2.89. The topological polar surface area (TPSA) is 41.6 Å². The van der Waals surface area contributed by atoms with Crippen molar-refractivity contribution in [3.63, 3.8) is 0 Å². The summed E-state index contributed by atoms with van der Waals surface area (Å²) < 4.78 is 18.3. The maximum Gasteiger partial charge on any atom is 0.227 e. The van der Waals surface area contributed by atoms with E-state index in [2.05, 4.69) is 5.32 Å². The summed E-state index contributed by atoms with van der Waals surface area (Å²) in [5.41, 5.74) is 0.518. The molecule has 0 aliphatic carbocycles. The Labute approximate surface area is 100 Å². The lowest BCUT2D eigenvalue weighted by molar-refractivity contribution is -0.118. The second-order valence-electron chi connectivity index (χ2n) is 3.63. The fourth-order valence-electron chi connectivity index (χ4n) is 1.41. The van der Waals surface area contributed by atoms with Gasteiger partial charge in [-0.15, -0.1) is 0 Å². The van der Waals surface area contributed by atoms with Gasteiger partial charge in [-0.2, -0.15) is 0 Å². The molecule has 0 atom stereocenters. The van der Waals surface area contributed by atoms with Crippen LogP contribution < -0.4 is 15.0 Å². The van der Waals surface area contributed by atoms with Gasteiger partial charge in [0.05, 0.1) is 7.11 Å². The van der Waals surface area contributed by atoms with Crippen LogP contribution in [0, 0.1) is 5.82 Å². The number of anilines is 1. The van der Waals surface area contributed by atoms with E-state index in [0.29, 0.717) is 18.7 Å². The van der Waals surface area contributed by atoms with E-state index in [1.54, 1.807) is 20.2 Å². The zero-order chi connectivity index (χ0) is 12.8. The second kappa shape index (κ2) is 6.20. The molecule has 0 saturated heterocycles. The van der Waals surface area contributed by atoms with E-state index in [-0.39, 0.29) is 11.7 Å². The highest BCUT2D eigenvalue weighted by atomic mass is 19.1. The summed E-state index contributed by atoms with van der Waals surface area (Å²) in [4.78, 5) is 13.1. The van der Waals surface area contributed by atoms with E-state index in [1.807, 2.05) is 0 Å². The standard InChI is InChI=1S/C12H17FN2O2/c1-14-7-6-12(16)15(2)9-4-5-11(17-3)10(13)8-9/h4-5,8,14H,6-7H2,1-3H3. The molecule has 0 heterocycles. The lowest BCUT2D eigenvalue weighted by atomic mass is 10.2. The van der Waals surface area contributed by atoms with E-state index >= 15 is 0 Å². The maximum atomic E-state index is 13.5. The van der Waals surface area contributed by atoms with Gasteiger partial charge in [0, 0.05) is 31.8 Å². The molecule has 0 aliphatic rings. The minimum absolute atomic E-state index is 0.0658. The zero-order valence-corrected chi connectivity index (χ0v) is 10.3. The van der Waals surface area contributed by atoms with Gasteiger partial charge >= 0.3 is 0 Å². The lowest BCUT2D eigenvalue weighted by Gasteiger charge is -2.17. The number of rotatable bonds is 5. The van der Waals surface area contributed by atoms with Crippen molar-refractivity contribution >= 4 is 11.6 Å². The number of carbonyl (C=O) groups excluding carboxylic acids is 1. The van der Waals surface area contributed by atoms with Crippen molar-refractivity contribution in [1.82, 2.24) is 5.32 Å². The van der Waals surface area contributed by atoms with Crippen molar-refractivity contribution in [2.24, 2.45) is 0 Å². The lowest BCUT2D eigenvalue weighted by Crippen LogP contribution is -2.28. The van der Waals surface area contributed by atoms with Gasteiger partial charge in [-0.05, 0) is 19.2 Å². The fourth-order valence-corrected chi connectivity index (χ4v) is 1.41. The Bertz CT molecular complexity index is 396. The van der Waals surface area contributed by atoms with E-state index in [0.717, 1.165) is 0 Å². The van der Waals surface area contributed by atoms with Crippen LogP contribution in [0.3, 0.4) is 0 Å². The molecule has 0 aliphatic heterocycles. The molecule has 1 amide bonds. The third kappa shape index (κ3) is 3.42. The van der Waals surface area contributed by atoms with E-state index in [4.69, 9.17) is 4.74 Å². The Morgan fingerprint density at radius 2 is 2.24 bits per heavy atom. The Balaban J connectivity index is 2.78. The first-order chi connectivity index (χ1) is 8.10. The molecule has 1 N–H and O–H groups in total. The first-order valence-corrected chi connectivity index (χ1v) is 5.35. The van der Waals surface area contributed by atoms with Gasteiger partial charge in [-0.1, -0.05) is 0 Å². The van der Waals surface area contributed by atoms with Crippen LogP contribution in [0.1, 0.15) is 6.42 Å². The van der Waals surface area contributed by atoms with E-state index in [9.17, 15) is 9.18 Å². The molecule has 94 valence electrons. The number of hydrogen-bond acceptors (Lipinski definition) is 3. The average molecular weight is 240 g/mol. The molecule has 1 aromatic rings. The average Bonchev–Trinajstić information content (AvgIpc) is 2.34. The number of methoxy groups -OCH3 is 1. The molecular formula is C12H17FN2O2. The second-order valence-corrected chi connectivity index (χ2v) is 3.63. The van der Waals surface area contributed by atoms with Crippen molar-refractivity contribution in [2.75, 3.05) is 32.6 Å². The largest absolute Gasteiger partial charge is 0.494 e. The van der Waals surface area contributed by atoms with Crippen molar-refractivity contribution in [3.8, 4) is 5.75 Å². The number of benzene rings is 1. The van der Waals surface area contributed by atoms with Crippen LogP contribution in [0.15, 0.2) is 18.2 Å². The van der Waals surface area contributed by atoms with Crippen molar-refractivity contribution in [1.29, 1.82) is 0 Å². The molecule has 4 nitrogen and oxygen atoms in total. The van der Waals surface area contributed by atoms with Crippen LogP contribution in [-0.4, -0.2) is 33.7 Å². The number of amides is 1. The van der Waals surface area contributed by atoms with Gasteiger partial charge in [-0.25, -0.2) is 4.39 Å². The highest BCUT2D eigenvalue weighted by molar-refractivity contribution is 5.92. The molecule has 0 fully saturated rings. The molecule has 0 spiro atoms. The SMILES string of the molecule is CNCCC(=O)N(C)c1ccc(OC)c(F)c1. The smallest absolute Gasteiger partial charge is 0.227 e. The molecule has 0 saturated carbocycles. The van der Waals surface area contributed by atoms with Gasteiger partial charge in [0.15, 0.2) is 11.6 Å². The Morgan fingerprint density at radius 3 is 2.76 bits per heavy atom. The van der Waals surface area contributed by atoms with Crippen LogP contribution >= 0.6 is 0 Å². The molecular weight excluding hydrogens is 223 g/mol. The van der Waals surface area contributed by atoms with Crippen LogP contribution in [-0.2, 0) is 4.79 Å². The maximum absolute atomic E-state index is 13.5. The zero-order valence-electron chi connectivity index (χ0n) is 10.3. The molecule has 17 heavy (non-hydrogen) atoms. The summed E-state index contributed by atoms with van der Waals surface area (Å²) in [6.07, 6.45) is 0.376. The predicted molar refractivity (Wildman–Crippen MR) is 64.9 cm³/mol. The van der Waals surface area contributed by atoms with Crippen LogP contribution in [0.5, 0.6) is 5.75 Å². The molecule has 5 heteroatoms. The van der Waals surface area contributed by atoms with E-state index < -0.39 is 5.82 Å². The molecule has 1 rings (SSSR count).